The predicted molar refractivity (Wildman–Crippen MR) is 95.2 cm³/mol. The van der Waals surface area contributed by atoms with Gasteiger partial charge in [-0.05, 0) is 65.1 Å². The van der Waals surface area contributed by atoms with Crippen LogP contribution in [0.15, 0.2) is 0 Å². The summed E-state index contributed by atoms with van der Waals surface area (Å²) in [6.07, 6.45) is 0. The summed E-state index contributed by atoms with van der Waals surface area (Å²) in [5.41, 5.74) is 0. The van der Waals surface area contributed by atoms with Crippen LogP contribution in [-0.4, -0.2) is 65.1 Å². The van der Waals surface area contributed by atoms with Crippen LogP contribution in [0.4, 0.5) is 0 Å². The fourth-order valence-electron chi connectivity index (χ4n) is 1.13. The van der Waals surface area contributed by atoms with Gasteiger partial charge in [0.25, 0.3) is 0 Å². The summed E-state index contributed by atoms with van der Waals surface area (Å²) >= 11 is 0. The molecule has 0 saturated carbocycles. The highest BCUT2D eigenvalue weighted by Crippen LogP contribution is 2.41. The van der Waals surface area contributed by atoms with Gasteiger partial charge in [-0.1, -0.05) is 0 Å². The first-order valence-electron chi connectivity index (χ1n) is 4.84. The van der Waals surface area contributed by atoms with Gasteiger partial charge in [-0.15, -0.1) is 31.7 Å². The van der Waals surface area contributed by atoms with E-state index in [9.17, 15) is 0 Å². The third-order valence-corrected chi connectivity index (χ3v) is 10.2. The van der Waals surface area contributed by atoms with Gasteiger partial charge < -0.3 is 0 Å². The van der Waals surface area contributed by atoms with E-state index in [1.807, 2.05) is 0 Å². The normalized spacial score (nSPS) is 10.4. The van der Waals surface area contributed by atoms with E-state index in [1.165, 1.54) is 11.8 Å². The Morgan fingerprint density at radius 1 is 0.467 bits per heavy atom. The Labute approximate surface area is 110 Å². The van der Waals surface area contributed by atoms with Crippen LogP contribution < -0.4 is 0 Å². The maximum Gasteiger partial charge on any atom is -0.0130 e. The van der Waals surface area contributed by atoms with Gasteiger partial charge in [0.1, 0.15) is 0 Å². The molecule has 0 aliphatic heterocycles. The molecular formula is C10H30P4S. The Bertz CT molecular complexity index is 90.0. The van der Waals surface area contributed by atoms with E-state index in [-0.39, 0.29) is 13.5 Å². The minimum absolute atomic E-state index is 0. The van der Waals surface area contributed by atoms with Crippen LogP contribution in [0.5, 0.6) is 0 Å². The van der Waals surface area contributed by atoms with Crippen LogP contribution in [0.2, 0.25) is 0 Å². The molecule has 0 unspecified atom stereocenters. The lowest BCUT2D eigenvalue weighted by molar-refractivity contribution is 1.95. The zero-order valence-electron chi connectivity index (χ0n) is 11.7. The van der Waals surface area contributed by atoms with Crippen LogP contribution in [0.1, 0.15) is 0 Å². The highest BCUT2D eigenvalue weighted by atomic mass is 32.1. The number of hydrogen-bond acceptors (Lipinski definition) is 0. The average molecular weight is 306 g/mol. The molecule has 0 aliphatic carbocycles. The van der Waals surface area contributed by atoms with Crippen molar-refractivity contribution < 1.29 is 0 Å². The molecule has 15 heavy (non-hydrogen) atoms. The molecule has 0 aromatic rings. The Hall–Kier alpha value is 2.07. The molecule has 0 nitrogen and oxygen atoms in total. The van der Waals surface area contributed by atoms with Gasteiger partial charge in [-0.25, -0.2) is 0 Å². The van der Waals surface area contributed by atoms with Gasteiger partial charge in [-0.3, -0.25) is 0 Å². The Kier molecular flexibility index (Phi) is 21.0. The quantitative estimate of drug-likeness (QED) is 0.644. The molecule has 0 bridgehead atoms. The third kappa shape index (κ3) is 31.4. The summed E-state index contributed by atoms with van der Waals surface area (Å²) in [7, 11) is 1.56. The molecule has 0 aromatic heterocycles. The first kappa shape index (κ1) is 22.3. The first-order valence-corrected chi connectivity index (χ1v) is 14.5. The maximum atomic E-state index is 2.34. The lowest BCUT2D eigenvalue weighted by Gasteiger charge is -2.07. The molecule has 0 rings (SSSR count). The van der Waals surface area contributed by atoms with Crippen LogP contribution in [0.3, 0.4) is 0 Å². The molecule has 96 valence electrons. The fourth-order valence-corrected chi connectivity index (χ4v) is 10.2. The molecule has 0 radical (unpaired) electrons. The summed E-state index contributed by atoms with van der Waals surface area (Å²) in [6, 6.07) is 0. The lowest BCUT2D eigenvalue weighted by Crippen LogP contribution is -1.74. The van der Waals surface area contributed by atoms with Crippen LogP contribution in [0.25, 0.3) is 0 Å². The van der Waals surface area contributed by atoms with E-state index in [4.69, 9.17) is 0 Å². The van der Waals surface area contributed by atoms with Gasteiger partial charge in [-0.2, -0.15) is 13.5 Å². The smallest absolute Gasteiger partial charge is 0.0130 e. The first-order chi connectivity index (χ1) is 6.25. The largest absolute Gasteiger partial charge is 0.197 e. The van der Waals surface area contributed by atoms with E-state index < -0.39 is 0 Å². The average Bonchev–Trinajstić information content (AvgIpc) is 1.79. The summed E-state index contributed by atoms with van der Waals surface area (Å²) < 4.78 is 0. The summed E-state index contributed by atoms with van der Waals surface area (Å²) in [5.74, 6) is 2.98. The summed E-state index contributed by atoms with van der Waals surface area (Å²) in [4.78, 5) is 0. The van der Waals surface area contributed by atoms with E-state index in [0.717, 1.165) is 0 Å². The Morgan fingerprint density at radius 3 is 0.600 bits per heavy atom. The van der Waals surface area contributed by atoms with Gasteiger partial charge in [0.15, 0.2) is 0 Å². The van der Waals surface area contributed by atoms with Crippen molar-refractivity contribution in [1.82, 2.24) is 0 Å². The van der Waals surface area contributed by atoms with Crippen molar-refractivity contribution in [2.75, 3.05) is 65.1 Å². The Balaban J connectivity index is -0.000000180. The van der Waals surface area contributed by atoms with Gasteiger partial charge in [0.2, 0.25) is 0 Å². The number of rotatable bonds is 4. The predicted octanol–water partition coefficient (Wildman–Crippen LogP) is 4.97. The highest BCUT2D eigenvalue weighted by Gasteiger charge is 1.94. The van der Waals surface area contributed by atoms with Crippen LogP contribution >= 0.6 is 45.2 Å². The molecule has 0 amide bonds. The van der Waals surface area contributed by atoms with Crippen molar-refractivity contribution in [2.45, 2.75) is 0 Å². The summed E-state index contributed by atoms with van der Waals surface area (Å²) in [5, 5.41) is 0. The van der Waals surface area contributed by atoms with Gasteiger partial charge in [0.05, 0.1) is 0 Å². The SMILES string of the molecule is CP(C)CP(C)C.CP(C)CP(C)C.S. The third-order valence-electron chi connectivity index (χ3n) is 1.13. The molecule has 0 aliphatic rings. The molecule has 5 heteroatoms. The van der Waals surface area contributed by atoms with Crippen LogP contribution in [0, 0.1) is 0 Å². The van der Waals surface area contributed by atoms with Crippen molar-refractivity contribution in [3.63, 3.8) is 0 Å². The van der Waals surface area contributed by atoms with Crippen molar-refractivity contribution in [1.29, 1.82) is 0 Å². The number of hydrogen-bond donors (Lipinski definition) is 0. The monoisotopic (exact) mass is 306 g/mol. The van der Waals surface area contributed by atoms with E-state index in [2.05, 4.69) is 53.3 Å². The van der Waals surface area contributed by atoms with Crippen molar-refractivity contribution in [3.05, 3.63) is 0 Å². The zero-order valence-corrected chi connectivity index (χ0v) is 16.3. The van der Waals surface area contributed by atoms with Crippen molar-refractivity contribution >= 4 is 45.2 Å². The van der Waals surface area contributed by atoms with E-state index >= 15 is 0 Å². The standard InChI is InChI=1S/2C5H14P2.H2S/c2*1-6(2)5-7(3)4;/h2*5H2,1-4H3;1H2. The highest BCUT2D eigenvalue weighted by molar-refractivity contribution is 7.73. The minimum Gasteiger partial charge on any atom is -0.197 e. The lowest BCUT2D eigenvalue weighted by atomic mass is 11.8. The maximum absolute atomic E-state index is 2.34. The van der Waals surface area contributed by atoms with E-state index in [0.29, 0.717) is 31.7 Å². The van der Waals surface area contributed by atoms with E-state index in [1.54, 1.807) is 0 Å². The fraction of sp³-hybridized carbons (Fsp3) is 1.00. The second-order valence-electron chi connectivity index (χ2n) is 4.60. The molecule has 0 N–H and O–H groups in total. The van der Waals surface area contributed by atoms with Crippen LogP contribution in [-0.2, 0) is 0 Å². The summed E-state index contributed by atoms with van der Waals surface area (Å²) in [6.45, 7) is 18.8. The van der Waals surface area contributed by atoms with Crippen molar-refractivity contribution in [3.8, 4) is 0 Å². The Morgan fingerprint density at radius 2 is 0.600 bits per heavy atom. The molecule has 0 atom stereocenters. The second kappa shape index (κ2) is 14.1. The molecule has 0 heterocycles. The van der Waals surface area contributed by atoms with Gasteiger partial charge in [0, 0.05) is 0 Å². The molecule has 0 saturated heterocycles. The second-order valence-corrected chi connectivity index (χ2v) is 15.5. The molecule has 0 fully saturated rings. The topological polar surface area (TPSA) is 0 Å². The van der Waals surface area contributed by atoms with Gasteiger partial charge >= 0.3 is 0 Å². The van der Waals surface area contributed by atoms with Crippen molar-refractivity contribution in [2.24, 2.45) is 0 Å². The zero-order chi connectivity index (χ0) is 11.7. The minimum atomic E-state index is 0. The molecule has 0 aromatic carbocycles. The molecular weight excluding hydrogens is 276 g/mol. The molecule has 0 spiro atoms.